The van der Waals surface area contributed by atoms with Crippen LogP contribution in [0.5, 0.6) is 0 Å². The lowest BCUT2D eigenvalue weighted by molar-refractivity contribution is 0.653. The molecule has 0 saturated heterocycles. The van der Waals surface area contributed by atoms with Gasteiger partial charge in [-0.1, -0.05) is 0 Å². The van der Waals surface area contributed by atoms with Gasteiger partial charge in [-0.25, -0.2) is 4.79 Å². The van der Waals surface area contributed by atoms with Crippen LogP contribution >= 0.6 is 11.8 Å². The van der Waals surface area contributed by atoms with Crippen molar-refractivity contribution in [2.75, 3.05) is 11.5 Å². The molecule has 0 radical (unpaired) electrons. The summed E-state index contributed by atoms with van der Waals surface area (Å²) < 4.78 is 3.95. The summed E-state index contributed by atoms with van der Waals surface area (Å²) >= 11 is 2.00. The van der Waals surface area contributed by atoms with E-state index in [-0.39, 0.29) is 5.69 Å². The van der Waals surface area contributed by atoms with Gasteiger partial charge >= 0.3 is 5.69 Å². The van der Waals surface area contributed by atoms with Gasteiger partial charge in [0.05, 0.1) is 0 Å². The van der Waals surface area contributed by atoms with E-state index in [1.165, 1.54) is 30.0 Å². The molecular weight excluding hydrogens is 208 g/mol. The molecule has 15 heavy (non-hydrogen) atoms. The smallest absolute Gasteiger partial charge is 0.299 e. The molecule has 3 nitrogen and oxygen atoms in total. The lowest BCUT2D eigenvalue weighted by Gasteiger charge is -2.04. The Kier molecular flexibility index (Phi) is 2.20. The second-order valence-electron chi connectivity index (χ2n) is 4.45. The van der Waals surface area contributed by atoms with Crippen molar-refractivity contribution in [3.63, 3.8) is 0 Å². The van der Waals surface area contributed by atoms with E-state index in [4.69, 9.17) is 0 Å². The summed E-state index contributed by atoms with van der Waals surface area (Å²) in [6, 6.07) is 0.524. The summed E-state index contributed by atoms with van der Waals surface area (Å²) in [5.41, 5.74) is 2.83. The molecule has 1 aliphatic carbocycles. The zero-order valence-corrected chi connectivity index (χ0v) is 9.85. The van der Waals surface area contributed by atoms with E-state index >= 15 is 0 Å². The van der Waals surface area contributed by atoms with E-state index in [1.807, 2.05) is 23.4 Å². The average molecular weight is 224 g/mol. The van der Waals surface area contributed by atoms with Crippen molar-refractivity contribution < 1.29 is 0 Å². The van der Waals surface area contributed by atoms with Crippen molar-refractivity contribution >= 4 is 11.8 Å². The Labute approximate surface area is 93.5 Å². The molecule has 4 heteroatoms. The minimum Gasteiger partial charge on any atom is -0.299 e. The van der Waals surface area contributed by atoms with Crippen LogP contribution in [0.3, 0.4) is 0 Å². The zero-order valence-electron chi connectivity index (χ0n) is 9.03. The van der Waals surface area contributed by atoms with Crippen molar-refractivity contribution in [1.82, 2.24) is 9.13 Å². The van der Waals surface area contributed by atoms with Gasteiger partial charge in [-0.3, -0.25) is 9.13 Å². The van der Waals surface area contributed by atoms with Gasteiger partial charge in [-0.05, 0) is 37.2 Å². The Balaban J connectivity index is 2.17. The van der Waals surface area contributed by atoms with Crippen LogP contribution < -0.4 is 5.69 Å². The van der Waals surface area contributed by atoms with Crippen LogP contribution in [0, 0.1) is 0 Å². The fourth-order valence-corrected chi connectivity index (χ4v) is 3.33. The largest absolute Gasteiger partial charge is 0.328 e. The third-order valence-electron chi connectivity index (χ3n) is 3.40. The maximum absolute atomic E-state index is 12.1. The molecule has 1 aromatic heterocycles. The predicted octanol–water partition coefficient (Wildman–Crippen LogP) is 1.35. The van der Waals surface area contributed by atoms with Crippen LogP contribution in [-0.4, -0.2) is 20.6 Å². The fourth-order valence-electron chi connectivity index (χ4n) is 2.45. The Morgan fingerprint density at radius 2 is 1.87 bits per heavy atom. The molecule has 0 aromatic carbocycles. The third kappa shape index (κ3) is 1.46. The highest BCUT2D eigenvalue weighted by Crippen LogP contribution is 2.36. The molecule has 1 fully saturated rings. The predicted molar refractivity (Wildman–Crippen MR) is 62.7 cm³/mol. The molecule has 0 unspecified atom stereocenters. The van der Waals surface area contributed by atoms with E-state index in [2.05, 4.69) is 4.57 Å². The molecule has 2 aliphatic rings. The van der Waals surface area contributed by atoms with Gasteiger partial charge in [0.25, 0.3) is 0 Å². The summed E-state index contributed by atoms with van der Waals surface area (Å²) in [4.78, 5) is 12.1. The number of hydrogen-bond acceptors (Lipinski definition) is 2. The quantitative estimate of drug-likeness (QED) is 0.720. The highest BCUT2D eigenvalue weighted by molar-refractivity contribution is 7.99. The molecule has 82 valence electrons. The second kappa shape index (κ2) is 3.44. The van der Waals surface area contributed by atoms with Crippen LogP contribution in [0.2, 0.25) is 0 Å². The van der Waals surface area contributed by atoms with Gasteiger partial charge in [-0.2, -0.15) is 11.8 Å². The van der Waals surface area contributed by atoms with Gasteiger partial charge in [0.1, 0.15) is 0 Å². The number of thioether (sulfide) groups is 1. The number of hydrogen-bond donors (Lipinski definition) is 0. The van der Waals surface area contributed by atoms with Gasteiger partial charge in [0, 0.05) is 24.5 Å². The van der Waals surface area contributed by atoms with Crippen molar-refractivity contribution in [1.29, 1.82) is 0 Å². The Morgan fingerprint density at radius 1 is 1.20 bits per heavy atom. The van der Waals surface area contributed by atoms with Crippen LogP contribution in [0.15, 0.2) is 4.79 Å². The monoisotopic (exact) mass is 224 g/mol. The zero-order chi connectivity index (χ0) is 10.4. The van der Waals surface area contributed by atoms with Crippen LogP contribution in [0.25, 0.3) is 0 Å². The first kappa shape index (κ1) is 9.58. The molecule has 0 spiro atoms. The van der Waals surface area contributed by atoms with E-state index in [9.17, 15) is 4.79 Å². The summed E-state index contributed by atoms with van der Waals surface area (Å²) in [7, 11) is 1.93. The summed E-state index contributed by atoms with van der Waals surface area (Å²) in [5.74, 6) is 2.33. The Morgan fingerprint density at radius 3 is 2.53 bits per heavy atom. The number of rotatable bonds is 1. The van der Waals surface area contributed by atoms with Gasteiger partial charge in [-0.15, -0.1) is 0 Å². The van der Waals surface area contributed by atoms with Crippen LogP contribution in [-0.2, 0) is 19.9 Å². The molecule has 0 amide bonds. The first-order valence-electron chi connectivity index (χ1n) is 5.65. The van der Waals surface area contributed by atoms with Crippen molar-refractivity contribution in [3.8, 4) is 0 Å². The lowest BCUT2D eigenvalue weighted by atomic mass is 10.2. The molecule has 1 saturated carbocycles. The molecule has 0 atom stereocenters. The molecule has 1 aromatic rings. The standard InChI is InChI=1S/C11H16N2OS/c1-12-9-4-6-15-7-5-10(9)13(11(12)14)8-2-3-8/h8H,2-7H2,1H3. The molecule has 2 heterocycles. The minimum atomic E-state index is 0.217. The molecule has 1 aliphatic heterocycles. The van der Waals surface area contributed by atoms with Crippen molar-refractivity contribution in [3.05, 3.63) is 21.9 Å². The van der Waals surface area contributed by atoms with Crippen LogP contribution in [0.1, 0.15) is 30.3 Å². The normalized spacial score (nSPS) is 21.1. The molecular formula is C11H16N2OS. The van der Waals surface area contributed by atoms with Gasteiger partial charge < -0.3 is 0 Å². The van der Waals surface area contributed by atoms with Gasteiger partial charge in [0.15, 0.2) is 0 Å². The maximum atomic E-state index is 12.1. The topological polar surface area (TPSA) is 26.9 Å². The summed E-state index contributed by atoms with van der Waals surface area (Å²) in [6.45, 7) is 0. The Bertz CT molecular complexity index is 442. The highest BCUT2D eigenvalue weighted by atomic mass is 32.2. The third-order valence-corrected chi connectivity index (χ3v) is 4.39. The van der Waals surface area contributed by atoms with Gasteiger partial charge in [0.2, 0.25) is 0 Å². The molecule has 0 bridgehead atoms. The molecule has 0 N–H and O–H groups in total. The number of fused-ring (bicyclic) bond motifs is 1. The fraction of sp³-hybridized carbons (Fsp3) is 0.727. The summed E-state index contributed by atoms with van der Waals surface area (Å²) in [5, 5.41) is 0. The first-order chi connectivity index (χ1) is 7.29. The highest BCUT2D eigenvalue weighted by Gasteiger charge is 2.30. The lowest BCUT2D eigenvalue weighted by Crippen LogP contribution is -2.23. The number of nitrogens with zero attached hydrogens (tertiary/aromatic N) is 2. The van der Waals surface area contributed by atoms with Crippen molar-refractivity contribution in [2.24, 2.45) is 7.05 Å². The van der Waals surface area contributed by atoms with Crippen molar-refractivity contribution in [2.45, 2.75) is 31.7 Å². The SMILES string of the molecule is Cn1c2c(n(C3CC3)c1=O)CCSCC2. The number of imidazole rings is 1. The van der Waals surface area contributed by atoms with E-state index in [1.54, 1.807) is 0 Å². The first-order valence-corrected chi connectivity index (χ1v) is 6.81. The Hall–Kier alpha value is -0.640. The maximum Gasteiger partial charge on any atom is 0.328 e. The number of aromatic nitrogens is 2. The summed E-state index contributed by atoms with van der Waals surface area (Å²) in [6.07, 6.45) is 4.53. The molecule has 3 rings (SSSR count). The van der Waals surface area contributed by atoms with Crippen LogP contribution in [0.4, 0.5) is 0 Å². The average Bonchev–Trinajstić information content (AvgIpc) is 3.01. The van der Waals surface area contributed by atoms with E-state index in [0.29, 0.717) is 6.04 Å². The second-order valence-corrected chi connectivity index (χ2v) is 5.67. The van der Waals surface area contributed by atoms with E-state index < -0.39 is 0 Å². The van der Waals surface area contributed by atoms with E-state index in [0.717, 1.165) is 18.6 Å². The minimum absolute atomic E-state index is 0.217.